The maximum atomic E-state index is 13.4. The zero-order valence-corrected chi connectivity index (χ0v) is 9.12. The summed E-state index contributed by atoms with van der Waals surface area (Å²) < 4.78 is 26.6. The Morgan fingerprint density at radius 3 is 2.88 bits per heavy atom. The average Bonchev–Trinajstić information content (AvgIpc) is 2.81. The Morgan fingerprint density at radius 1 is 1.53 bits per heavy atom. The molecule has 2 rings (SSSR count). The Balaban J connectivity index is 2.66. The molecule has 1 aromatic carbocycles. The van der Waals surface area contributed by atoms with Gasteiger partial charge in [0, 0.05) is 12.4 Å². The molecule has 0 aliphatic heterocycles. The smallest absolute Gasteiger partial charge is 0.275 e. The van der Waals surface area contributed by atoms with E-state index in [2.05, 4.69) is 10.2 Å². The van der Waals surface area contributed by atoms with E-state index < -0.39 is 17.5 Å². The van der Waals surface area contributed by atoms with Crippen LogP contribution in [0.5, 0.6) is 0 Å². The standard InChI is InChI=1S/C10H9F2N3O2/c1-15(17-2)10(16)5-3-7(11)8(12)9-6(5)4-13-14-9/h3-4H,1-2H3,(H,13,14). The predicted octanol–water partition coefficient (Wildman–Crippen LogP) is 1.47. The Bertz CT molecular complexity index is 582. The molecule has 17 heavy (non-hydrogen) atoms. The fourth-order valence-electron chi connectivity index (χ4n) is 1.47. The maximum Gasteiger partial charge on any atom is 0.277 e. The van der Waals surface area contributed by atoms with Crippen LogP contribution in [0.15, 0.2) is 12.3 Å². The molecule has 0 aliphatic rings. The second-order valence-electron chi connectivity index (χ2n) is 3.36. The van der Waals surface area contributed by atoms with E-state index in [4.69, 9.17) is 4.84 Å². The van der Waals surface area contributed by atoms with E-state index in [0.717, 1.165) is 11.1 Å². The lowest BCUT2D eigenvalue weighted by atomic mass is 10.1. The van der Waals surface area contributed by atoms with Crippen molar-refractivity contribution < 1.29 is 18.4 Å². The molecule has 0 aliphatic carbocycles. The molecule has 0 unspecified atom stereocenters. The summed E-state index contributed by atoms with van der Waals surface area (Å²) in [4.78, 5) is 16.5. The first-order valence-corrected chi connectivity index (χ1v) is 4.69. The maximum absolute atomic E-state index is 13.4. The first-order valence-electron chi connectivity index (χ1n) is 4.69. The molecule has 0 saturated carbocycles. The topological polar surface area (TPSA) is 58.2 Å². The molecular formula is C10H9F2N3O2. The molecule has 0 fully saturated rings. The highest BCUT2D eigenvalue weighted by Gasteiger charge is 2.20. The van der Waals surface area contributed by atoms with Gasteiger partial charge in [-0.15, -0.1) is 0 Å². The van der Waals surface area contributed by atoms with Crippen molar-refractivity contribution >= 4 is 16.8 Å². The van der Waals surface area contributed by atoms with Gasteiger partial charge in [-0.1, -0.05) is 0 Å². The van der Waals surface area contributed by atoms with Crippen molar-refractivity contribution in [1.82, 2.24) is 15.3 Å². The third kappa shape index (κ3) is 1.74. The first kappa shape index (κ1) is 11.5. The highest BCUT2D eigenvalue weighted by atomic mass is 19.2. The molecule has 0 bridgehead atoms. The number of amides is 1. The predicted molar refractivity (Wildman–Crippen MR) is 55.1 cm³/mol. The fourth-order valence-corrected chi connectivity index (χ4v) is 1.47. The summed E-state index contributed by atoms with van der Waals surface area (Å²) in [6.45, 7) is 0. The average molecular weight is 241 g/mol. The van der Waals surface area contributed by atoms with Gasteiger partial charge in [0.25, 0.3) is 5.91 Å². The van der Waals surface area contributed by atoms with E-state index in [1.807, 2.05) is 0 Å². The number of carbonyl (C=O) groups excluding carboxylic acids is 1. The van der Waals surface area contributed by atoms with Crippen LogP contribution in [0.25, 0.3) is 10.9 Å². The van der Waals surface area contributed by atoms with Crippen LogP contribution in [0.1, 0.15) is 10.4 Å². The number of hydrogen-bond donors (Lipinski definition) is 1. The van der Waals surface area contributed by atoms with Gasteiger partial charge in [0.1, 0.15) is 5.52 Å². The largest absolute Gasteiger partial charge is 0.277 e. The van der Waals surface area contributed by atoms with Gasteiger partial charge in [-0.2, -0.15) is 5.10 Å². The second-order valence-corrected chi connectivity index (χ2v) is 3.36. The third-order valence-electron chi connectivity index (χ3n) is 2.42. The molecule has 7 heteroatoms. The fraction of sp³-hybridized carbons (Fsp3) is 0.200. The molecule has 1 aromatic heterocycles. The minimum absolute atomic E-state index is 0.0167. The molecule has 0 radical (unpaired) electrons. The minimum atomic E-state index is -1.12. The van der Waals surface area contributed by atoms with Crippen molar-refractivity contribution in [2.75, 3.05) is 14.2 Å². The molecule has 0 saturated heterocycles. The number of fused-ring (bicyclic) bond motifs is 1. The van der Waals surface area contributed by atoms with Crippen LogP contribution >= 0.6 is 0 Å². The Labute approximate surface area is 94.9 Å². The van der Waals surface area contributed by atoms with Crippen molar-refractivity contribution in [3.05, 3.63) is 29.5 Å². The number of aromatic amines is 1. The van der Waals surface area contributed by atoms with Gasteiger partial charge in [0.05, 0.1) is 18.9 Å². The molecule has 0 atom stereocenters. The molecule has 90 valence electrons. The number of nitrogens with zero attached hydrogens (tertiary/aromatic N) is 2. The van der Waals surface area contributed by atoms with Crippen LogP contribution in [-0.4, -0.2) is 35.3 Å². The minimum Gasteiger partial charge on any atom is -0.275 e. The lowest BCUT2D eigenvalue weighted by Gasteiger charge is -2.14. The zero-order valence-electron chi connectivity index (χ0n) is 9.12. The monoisotopic (exact) mass is 241 g/mol. The number of rotatable bonds is 2. The Kier molecular flexibility index (Phi) is 2.76. The molecule has 2 aromatic rings. The molecule has 1 N–H and O–H groups in total. The Hall–Kier alpha value is -2.02. The number of aromatic nitrogens is 2. The van der Waals surface area contributed by atoms with Crippen LogP contribution in [0.4, 0.5) is 8.78 Å². The summed E-state index contributed by atoms with van der Waals surface area (Å²) in [5.41, 5.74) is -0.158. The summed E-state index contributed by atoms with van der Waals surface area (Å²) in [5, 5.41) is 7.01. The second kappa shape index (κ2) is 4.10. The van der Waals surface area contributed by atoms with Gasteiger partial charge in [-0.3, -0.25) is 14.7 Å². The number of carbonyl (C=O) groups is 1. The van der Waals surface area contributed by atoms with Gasteiger partial charge in [-0.05, 0) is 6.07 Å². The first-order chi connectivity index (χ1) is 8.06. The summed E-state index contributed by atoms with van der Waals surface area (Å²) in [7, 11) is 2.67. The summed E-state index contributed by atoms with van der Waals surface area (Å²) in [5.74, 6) is -2.76. The number of nitrogens with one attached hydrogen (secondary N) is 1. The SMILES string of the molecule is CON(C)C(=O)c1cc(F)c(F)c2[nH]ncc12. The molecular weight excluding hydrogens is 232 g/mol. The molecule has 5 nitrogen and oxygen atoms in total. The van der Waals surface area contributed by atoms with Gasteiger partial charge >= 0.3 is 0 Å². The van der Waals surface area contributed by atoms with Crippen LogP contribution in [0.3, 0.4) is 0 Å². The zero-order chi connectivity index (χ0) is 12.6. The van der Waals surface area contributed by atoms with E-state index in [-0.39, 0.29) is 16.5 Å². The highest BCUT2D eigenvalue weighted by Crippen LogP contribution is 2.23. The summed E-state index contributed by atoms with van der Waals surface area (Å²) in [6.07, 6.45) is 1.26. The number of H-pyrrole nitrogens is 1. The normalized spacial score (nSPS) is 10.8. The van der Waals surface area contributed by atoms with E-state index in [1.54, 1.807) is 0 Å². The van der Waals surface area contributed by atoms with E-state index in [0.29, 0.717) is 0 Å². The highest BCUT2D eigenvalue weighted by molar-refractivity contribution is 6.05. The van der Waals surface area contributed by atoms with Crippen molar-refractivity contribution in [3.8, 4) is 0 Å². The van der Waals surface area contributed by atoms with Crippen LogP contribution in [0.2, 0.25) is 0 Å². The number of hydrogen-bond acceptors (Lipinski definition) is 3. The van der Waals surface area contributed by atoms with E-state index >= 15 is 0 Å². The quantitative estimate of drug-likeness (QED) is 0.810. The van der Waals surface area contributed by atoms with Gasteiger partial charge in [-0.25, -0.2) is 13.8 Å². The molecule has 1 heterocycles. The third-order valence-corrected chi connectivity index (χ3v) is 2.42. The van der Waals surface area contributed by atoms with Crippen LogP contribution in [-0.2, 0) is 4.84 Å². The van der Waals surface area contributed by atoms with Crippen molar-refractivity contribution in [2.45, 2.75) is 0 Å². The summed E-state index contributed by atoms with van der Waals surface area (Å²) in [6, 6.07) is 0.824. The van der Waals surface area contributed by atoms with Crippen molar-refractivity contribution in [3.63, 3.8) is 0 Å². The van der Waals surface area contributed by atoms with Gasteiger partial charge < -0.3 is 0 Å². The van der Waals surface area contributed by atoms with E-state index in [9.17, 15) is 13.6 Å². The lowest BCUT2D eigenvalue weighted by Crippen LogP contribution is -2.25. The lowest BCUT2D eigenvalue weighted by molar-refractivity contribution is -0.0755. The van der Waals surface area contributed by atoms with Crippen LogP contribution in [0, 0.1) is 11.6 Å². The molecule has 1 amide bonds. The molecule has 0 spiro atoms. The summed E-state index contributed by atoms with van der Waals surface area (Å²) >= 11 is 0. The van der Waals surface area contributed by atoms with Crippen molar-refractivity contribution in [2.24, 2.45) is 0 Å². The number of benzene rings is 1. The number of halogens is 2. The van der Waals surface area contributed by atoms with Crippen molar-refractivity contribution in [1.29, 1.82) is 0 Å². The van der Waals surface area contributed by atoms with Gasteiger partial charge in [0.2, 0.25) is 0 Å². The Morgan fingerprint density at radius 2 is 2.24 bits per heavy atom. The van der Waals surface area contributed by atoms with Crippen LogP contribution < -0.4 is 0 Å². The number of hydroxylamine groups is 2. The van der Waals surface area contributed by atoms with E-state index in [1.165, 1.54) is 20.4 Å². The van der Waals surface area contributed by atoms with Gasteiger partial charge in [0.15, 0.2) is 11.6 Å².